The average molecular weight is 239 g/mol. The largest absolute Gasteiger partial charge is 0.452 e. The number of alkyl halides is 3. The minimum Gasteiger partial charge on any atom is -0.391 e. The second-order valence-corrected chi connectivity index (χ2v) is 4.02. The number of β-amino-alcohol motifs (C(OH)–C–C–N with tert-alkyl or cyclic N) is 1. The lowest BCUT2D eigenvalue weighted by atomic mass is 10.3. The molecule has 0 spiro atoms. The van der Waals surface area contributed by atoms with Crippen LogP contribution in [0.3, 0.4) is 0 Å². The number of aliphatic hydroxyl groups excluding tert-OH is 1. The minimum atomic E-state index is -4.49. The molecule has 2 heterocycles. The first-order valence-electron chi connectivity index (χ1n) is 4.31. The highest BCUT2D eigenvalue weighted by Crippen LogP contribution is 2.31. The first kappa shape index (κ1) is 10.6. The first-order valence-corrected chi connectivity index (χ1v) is 5.08. The monoisotopic (exact) mass is 239 g/mol. The van der Waals surface area contributed by atoms with E-state index in [0.717, 1.165) is 0 Å². The zero-order valence-electron chi connectivity index (χ0n) is 7.53. The fourth-order valence-electron chi connectivity index (χ4n) is 1.37. The Labute approximate surface area is 87.5 Å². The Morgan fingerprint density at radius 3 is 2.67 bits per heavy atom. The van der Waals surface area contributed by atoms with Gasteiger partial charge in [0.15, 0.2) is 0 Å². The standard InChI is InChI=1S/C7H8F3N3OS/c8-7(9,10)5-11-6(15-12-5)13-2-1-4(14)3-13/h4,14H,1-3H2/t4-/m1/s1. The molecule has 1 aliphatic heterocycles. The van der Waals surface area contributed by atoms with Crippen LogP contribution in [0.15, 0.2) is 0 Å². The van der Waals surface area contributed by atoms with Crippen LogP contribution in [0.5, 0.6) is 0 Å². The van der Waals surface area contributed by atoms with Crippen LogP contribution < -0.4 is 4.90 Å². The molecule has 4 nitrogen and oxygen atoms in total. The lowest BCUT2D eigenvalue weighted by Crippen LogP contribution is -2.21. The van der Waals surface area contributed by atoms with Crippen molar-refractivity contribution in [3.63, 3.8) is 0 Å². The summed E-state index contributed by atoms with van der Waals surface area (Å²) in [6.07, 6.45) is -4.42. The minimum absolute atomic E-state index is 0.221. The normalized spacial score (nSPS) is 22.4. The van der Waals surface area contributed by atoms with E-state index in [1.807, 2.05) is 0 Å². The van der Waals surface area contributed by atoms with Crippen molar-refractivity contribution in [3.05, 3.63) is 5.82 Å². The van der Waals surface area contributed by atoms with Gasteiger partial charge in [0.05, 0.1) is 6.10 Å². The molecule has 0 aliphatic carbocycles. The second kappa shape index (κ2) is 3.60. The van der Waals surface area contributed by atoms with Crippen molar-refractivity contribution in [1.82, 2.24) is 9.36 Å². The molecule has 8 heteroatoms. The fourth-order valence-corrected chi connectivity index (χ4v) is 2.10. The number of anilines is 1. The summed E-state index contributed by atoms with van der Waals surface area (Å²) in [5.74, 6) is -1.11. The molecule has 0 radical (unpaired) electrons. The highest BCUT2D eigenvalue weighted by Gasteiger charge is 2.37. The molecule has 1 fully saturated rings. The van der Waals surface area contributed by atoms with Crippen molar-refractivity contribution in [3.8, 4) is 0 Å². The zero-order chi connectivity index (χ0) is 11.1. The molecule has 2 rings (SSSR count). The molecule has 0 aromatic carbocycles. The summed E-state index contributed by atoms with van der Waals surface area (Å²) in [4.78, 5) is 5.00. The Morgan fingerprint density at radius 1 is 1.47 bits per heavy atom. The summed E-state index contributed by atoms with van der Waals surface area (Å²) < 4.78 is 39.8. The number of hydrogen-bond donors (Lipinski definition) is 1. The predicted octanol–water partition coefficient (Wildman–Crippen LogP) is 1.13. The van der Waals surface area contributed by atoms with Crippen molar-refractivity contribution in [1.29, 1.82) is 0 Å². The van der Waals surface area contributed by atoms with Crippen molar-refractivity contribution in [2.75, 3.05) is 18.0 Å². The third kappa shape index (κ3) is 2.20. The van der Waals surface area contributed by atoms with E-state index in [1.165, 1.54) is 0 Å². The molecule has 1 aliphatic rings. The van der Waals surface area contributed by atoms with Gasteiger partial charge in [0.25, 0.3) is 0 Å². The number of aliphatic hydroxyl groups is 1. The first-order chi connectivity index (χ1) is 6.97. The fraction of sp³-hybridized carbons (Fsp3) is 0.714. The Bertz CT molecular complexity index is 353. The highest BCUT2D eigenvalue weighted by molar-refractivity contribution is 7.09. The van der Waals surface area contributed by atoms with Crippen LogP contribution in [0.25, 0.3) is 0 Å². The molecule has 1 saturated heterocycles. The van der Waals surface area contributed by atoms with Gasteiger partial charge in [-0.2, -0.15) is 22.5 Å². The number of nitrogens with zero attached hydrogens (tertiary/aromatic N) is 3. The lowest BCUT2D eigenvalue weighted by Gasteiger charge is -2.11. The summed E-state index contributed by atoms with van der Waals surface area (Å²) in [5, 5.41) is 9.44. The molecule has 0 amide bonds. The van der Waals surface area contributed by atoms with Crippen molar-refractivity contribution in [2.45, 2.75) is 18.7 Å². The van der Waals surface area contributed by atoms with Crippen LogP contribution in [-0.2, 0) is 6.18 Å². The molecule has 1 aromatic heterocycles. The SMILES string of the molecule is O[C@@H]1CCN(c2nc(C(F)(F)F)ns2)C1. The molecular weight excluding hydrogens is 231 g/mol. The molecule has 1 atom stereocenters. The number of aromatic nitrogens is 2. The topological polar surface area (TPSA) is 49.2 Å². The molecule has 1 N–H and O–H groups in total. The van der Waals surface area contributed by atoms with Gasteiger partial charge in [-0.05, 0) is 6.42 Å². The third-order valence-corrected chi connectivity index (χ3v) is 2.88. The van der Waals surface area contributed by atoms with E-state index >= 15 is 0 Å². The van der Waals surface area contributed by atoms with Crippen LogP contribution in [0, 0.1) is 0 Å². The Hall–Kier alpha value is -0.890. The van der Waals surface area contributed by atoms with Crippen molar-refractivity contribution in [2.24, 2.45) is 0 Å². The average Bonchev–Trinajstić information content (AvgIpc) is 2.69. The van der Waals surface area contributed by atoms with Gasteiger partial charge in [-0.1, -0.05) is 0 Å². The highest BCUT2D eigenvalue weighted by atomic mass is 32.1. The van der Waals surface area contributed by atoms with Crippen LogP contribution in [0.1, 0.15) is 12.2 Å². The molecule has 0 saturated carbocycles. The Kier molecular flexibility index (Phi) is 2.55. The van der Waals surface area contributed by atoms with Crippen LogP contribution in [-0.4, -0.2) is 33.7 Å². The molecule has 1 aromatic rings. The van der Waals surface area contributed by atoms with Gasteiger partial charge in [-0.3, -0.25) is 0 Å². The van der Waals surface area contributed by atoms with Crippen molar-refractivity contribution >= 4 is 16.7 Å². The maximum absolute atomic E-state index is 12.2. The maximum atomic E-state index is 12.2. The van der Waals surface area contributed by atoms with E-state index in [4.69, 9.17) is 0 Å². The summed E-state index contributed by atoms with van der Waals surface area (Å²) in [6, 6.07) is 0. The summed E-state index contributed by atoms with van der Waals surface area (Å²) >= 11 is 0.709. The van der Waals surface area contributed by atoms with Crippen LogP contribution in [0.4, 0.5) is 18.3 Å². The predicted molar refractivity (Wildman–Crippen MR) is 47.7 cm³/mol. The quantitative estimate of drug-likeness (QED) is 0.798. The number of hydrogen-bond acceptors (Lipinski definition) is 5. The molecule has 0 bridgehead atoms. The zero-order valence-corrected chi connectivity index (χ0v) is 8.35. The van der Waals surface area contributed by atoms with E-state index in [2.05, 4.69) is 9.36 Å². The van der Waals surface area contributed by atoms with E-state index in [0.29, 0.717) is 31.0 Å². The van der Waals surface area contributed by atoms with Gasteiger partial charge in [0, 0.05) is 24.6 Å². The van der Waals surface area contributed by atoms with E-state index in [1.54, 1.807) is 4.90 Å². The van der Waals surface area contributed by atoms with E-state index < -0.39 is 18.1 Å². The van der Waals surface area contributed by atoms with Gasteiger partial charge < -0.3 is 10.0 Å². The molecule has 84 valence electrons. The molecular formula is C7H8F3N3OS. The van der Waals surface area contributed by atoms with Gasteiger partial charge in [-0.15, -0.1) is 0 Å². The Balaban J connectivity index is 2.14. The van der Waals surface area contributed by atoms with Crippen LogP contribution >= 0.6 is 11.5 Å². The summed E-state index contributed by atoms with van der Waals surface area (Å²) in [6.45, 7) is 0.847. The van der Waals surface area contributed by atoms with Gasteiger partial charge in [-0.25, -0.2) is 0 Å². The van der Waals surface area contributed by atoms with E-state index in [-0.39, 0.29) is 5.13 Å². The smallest absolute Gasteiger partial charge is 0.391 e. The lowest BCUT2D eigenvalue weighted by molar-refractivity contribution is -0.144. The molecule has 0 unspecified atom stereocenters. The van der Waals surface area contributed by atoms with Gasteiger partial charge in [0.2, 0.25) is 11.0 Å². The summed E-state index contributed by atoms with van der Waals surface area (Å²) in [5.41, 5.74) is 0. The number of halogens is 3. The second-order valence-electron chi connectivity index (χ2n) is 3.29. The third-order valence-electron chi connectivity index (χ3n) is 2.10. The van der Waals surface area contributed by atoms with E-state index in [9.17, 15) is 18.3 Å². The van der Waals surface area contributed by atoms with Gasteiger partial charge in [0.1, 0.15) is 0 Å². The Morgan fingerprint density at radius 2 is 2.20 bits per heavy atom. The molecule has 15 heavy (non-hydrogen) atoms. The number of rotatable bonds is 1. The van der Waals surface area contributed by atoms with Crippen LogP contribution in [0.2, 0.25) is 0 Å². The maximum Gasteiger partial charge on any atom is 0.452 e. The summed E-state index contributed by atoms with van der Waals surface area (Å²) in [7, 11) is 0. The van der Waals surface area contributed by atoms with Crippen molar-refractivity contribution < 1.29 is 18.3 Å². The van der Waals surface area contributed by atoms with Gasteiger partial charge >= 0.3 is 6.18 Å².